The fourth-order valence-electron chi connectivity index (χ4n) is 0.679. The van der Waals surface area contributed by atoms with E-state index in [0.29, 0.717) is 6.29 Å². The third-order valence-corrected chi connectivity index (χ3v) is 1.43. The average molecular weight is 203 g/mol. The second kappa shape index (κ2) is 5.95. The van der Waals surface area contributed by atoms with Gasteiger partial charge >= 0.3 is 12.1 Å². The van der Waals surface area contributed by atoms with Gasteiger partial charge in [0, 0.05) is 26.9 Å². The number of aldehydes is 1. The van der Waals surface area contributed by atoms with Crippen molar-refractivity contribution in [3.8, 4) is 0 Å². The first-order valence-corrected chi connectivity index (χ1v) is 4.03. The third-order valence-electron chi connectivity index (χ3n) is 1.43. The van der Waals surface area contributed by atoms with Crippen LogP contribution in [0.3, 0.4) is 0 Å². The van der Waals surface area contributed by atoms with Crippen LogP contribution in [-0.4, -0.2) is 48.6 Å². The van der Waals surface area contributed by atoms with Gasteiger partial charge in [0.2, 0.25) is 6.10 Å². The van der Waals surface area contributed by atoms with Crippen LogP contribution >= 0.6 is 0 Å². The molecule has 1 N–H and O–H groups in total. The summed E-state index contributed by atoms with van der Waals surface area (Å²) < 4.78 is 4.60. The van der Waals surface area contributed by atoms with Gasteiger partial charge in [0.1, 0.15) is 6.29 Å². The first kappa shape index (κ1) is 12.4. The number of rotatable bonds is 5. The number of nitrogens with zero attached hydrogens (tertiary/aromatic N) is 1. The van der Waals surface area contributed by atoms with E-state index in [1.54, 1.807) is 0 Å². The van der Waals surface area contributed by atoms with Crippen molar-refractivity contribution in [2.45, 2.75) is 18.9 Å². The molecule has 1 amide bonds. The Morgan fingerprint density at radius 2 is 2.07 bits per heavy atom. The molecule has 0 saturated carbocycles. The smallest absolute Gasteiger partial charge is 0.410 e. The van der Waals surface area contributed by atoms with Crippen molar-refractivity contribution in [2.24, 2.45) is 0 Å². The lowest BCUT2D eigenvalue weighted by Crippen LogP contribution is -2.32. The number of carboxylic acid groups (broad SMARTS) is 1. The van der Waals surface area contributed by atoms with Crippen molar-refractivity contribution in [3.05, 3.63) is 0 Å². The Labute approximate surface area is 81.4 Å². The van der Waals surface area contributed by atoms with Gasteiger partial charge in [-0.3, -0.25) is 0 Å². The van der Waals surface area contributed by atoms with Crippen molar-refractivity contribution in [2.75, 3.05) is 14.1 Å². The highest BCUT2D eigenvalue weighted by Crippen LogP contribution is 2.03. The van der Waals surface area contributed by atoms with Gasteiger partial charge in [-0.15, -0.1) is 0 Å². The molecule has 0 aromatic heterocycles. The molecule has 80 valence electrons. The van der Waals surface area contributed by atoms with Gasteiger partial charge in [-0.25, -0.2) is 9.59 Å². The van der Waals surface area contributed by atoms with E-state index in [2.05, 4.69) is 4.74 Å². The van der Waals surface area contributed by atoms with Gasteiger partial charge in [0.15, 0.2) is 0 Å². The van der Waals surface area contributed by atoms with Gasteiger partial charge in [-0.2, -0.15) is 0 Å². The van der Waals surface area contributed by atoms with Crippen molar-refractivity contribution < 1.29 is 24.2 Å². The summed E-state index contributed by atoms with van der Waals surface area (Å²) in [7, 11) is 2.89. The molecule has 0 aromatic rings. The van der Waals surface area contributed by atoms with E-state index in [1.807, 2.05) is 0 Å². The van der Waals surface area contributed by atoms with E-state index in [9.17, 15) is 14.4 Å². The molecule has 1 atom stereocenters. The van der Waals surface area contributed by atoms with Crippen LogP contribution in [0.4, 0.5) is 4.79 Å². The van der Waals surface area contributed by atoms with E-state index in [4.69, 9.17) is 5.11 Å². The average Bonchev–Trinajstić information content (AvgIpc) is 2.10. The molecule has 0 spiro atoms. The first-order chi connectivity index (χ1) is 6.49. The van der Waals surface area contributed by atoms with Crippen LogP contribution in [0.25, 0.3) is 0 Å². The first-order valence-electron chi connectivity index (χ1n) is 4.03. The molecule has 0 fully saturated rings. The Hall–Kier alpha value is -1.59. The van der Waals surface area contributed by atoms with Crippen LogP contribution in [-0.2, 0) is 14.3 Å². The molecule has 0 saturated heterocycles. The lowest BCUT2D eigenvalue weighted by Gasteiger charge is -2.16. The van der Waals surface area contributed by atoms with Crippen LogP contribution in [0.2, 0.25) is 0 Å². The minimum atomic E-state index is -1.25. The van der Waals surface area contributed by atoms with E-state index in [-0.39, 0.29) is 12.8 Å². The fourth-order valence-corrected chi connectivity index (χ4v) is 0.679. The quantitative estimate of drug-likeness (QED) is 0.641. The van der Waals surface area contributed by atoms with Crippen molar-refractivity contribution in [1.29, 1.82) is 0 Å². The highest BCUT2D eigenvalue weighted by Gasteiger charge is 2.22. The highest BCUT2D eigenvalue weighted by atomic mass is 16.6. The van der Waals surface area contributed by atoms with Crippen LogP contribution in [0.15, 0.2) is 0 Å². The summed E-state index contributed by atoms with van der Waals surface area (Å²) in [5.41, 5.74) is 0. The minimum absolute atomic E-state index is 0.00157. The summed E-state index contributed by atoms with van der Waals surface area (Å²) in [4.78, 5) is 32.7. The number of carbonyl (C=O) groups is 3. The zero-order chi connectivity index (χ0) is 11.1. The maximum Gasteiger partial charge on any atom is 0.410 e. The summed E-state index contributed by atoms with van der Waals surface area (Å²) in [5.74, 6) is -1.25. The van der Waals surface area contributed by atoms with Gasteiger partial charge in [0.05, 0.1) is 0 Å². The summed E-state index contributed by atoms with van der Waals surface area (Å²) in [6.07, 6.45) is -1.35. The molecule has 1 unspecified atom stereocenters. The molecule has 0 aliphatic heterocycles. The number of hydrogen-bond acceptors (Lipinski definition) is 4. The summed E-state index contributed by atoms with van der Waals surface area (Å²) >= 11 is 0. The second-order valence-electron chi connectivity index (χ2n) is 2.85. The molecule has 0 heterocycles. The molecular weight excluding hydrogens is 190 g/mol. The summed E-state index contributed by atoms with van der Waals surface area (Å²) in [6.45, 7) is 0. The normalized spacial score (nSPS) is 11.6. The Balaban J connectivity index is 4.15. The van der Waals surface area contributed by atoms with E-state index < -0.39 is 18.2 Å². The monoisotopic (exact) mass is 203 g/mol. The third kappa shape index (κ3) is 4.44. The van der Waals surface area contributed by atoms with Crippen molar-refractivity contribution in [3.63, 3.8) is 0 Å². The van der Waals surface area contributed by atoms with Crippen LogP contribution in [0, 0.1) is 0 Å². The molecule has 0 rings (SSSR count). The molecule has 6 heteroatoms. The number of ether oxygens (including phenoxy) is 1. The van der Waals surface area contributed by atoms with Crippen LogP contribution < -0.4 is 0 Å². The number of carbonyl (C=O) groups excluding carboxylic acids is 2. The standard InChI is InChI=1S/C8H13NO5/c1-9(2)8(13)14-6(7(11)12)4-3-5-10/h5-6H,3-4H2,1-2H3,(H,11,12). The number of amides is 1. The predicted molar refractivity (Wildman–Crippen MR) is 46.9 cm³/mol. The van der Waals surface area contributed by atoms with E-state index in [1.165, 1.54) is 14.1 Å². The maximum atomic E-state index is 11.0. The lowest BCUT2D eigenvalue weighted by atomic mass is 10.2. The van der Waals surface area contributed by atoms with Gasteiger partial charge in [0.25, 0.3) is 0 Å². The van der Waals surface area contributed by atoms with Crippen molar-refractivity contribution in [1.82, 2.24) is 4.90 Å². The molecule has 0 aliphatic carbocycles. The molecule has 14 heavy (non-hydrogen) atoms. The fraction of sp³-hybridized carbons (Fsp3) is 0.625. The Morgan fingerprint density at radius 3 is 2.43 bits per heavy atom. The topological polar surface area (TPSA) is 83.9 Å². The predicted octanol–water partition coefficient (Wildman–Crippen LogP) is 0.117. The Morgan fingerprint density at radius 1 is 1.50 bits per heavy atom. The maximum absolute atomic E-state index is 11.0. The largest absolute Gasteiger partial charge is 0.479 e. The molecular formula is C8H13NO5. The molecule has 6 nitrogen and oxygen atoms in total. The Bertz CT molecular complexity index is 226. The van der Waals surface area contributed by atoms with E-state index in [0.717, 1.165) is 4.90 Å². The van der Waals surface area contributed by atoms with E-state index >= 15 is 0 Å². The highest BCUT2D eigenvalue weighted by molar-refractivity contribution is 5.77. The minimum Gasteiger partial charge on any atom is -0.479 e. The zero-order valence-corrected chi connectivity index (χ0v) is 8.10. The van der Waals surface area contributed by atoms with Gasteiger partial charge in [-0.1, -0.05) is 0 Å². The number of hydrogen-bond donors (Lipinski definition) is 1. The van der Waals surface area contributed by atoms with Crippen molar-refractivity contribution >= 4 is 18.3 Å². The zero-order valence-electron chi connectivity index (χ0n) is 8.10. The Kier molecular flexibility index (Phi) is 5.28. The van der Waals surface area contributed by atoms with Crippen LogP contribution in [0.5, 0.6) is 0 Å². The number of aliphatic carboxylic acids is 1. The lowest BCUT2D eigenvalue weighted by molar-refractivity contribution is -0.147. The second-order valence-corrected chi connectivity index (χ2v) is 2.85. The summed E-state index contributed by atoms with van der Waals surface area (Å²) in [6, 6.07) is 0. The SMILES string of the molecule is CN(C)C(=O)OC(CCC=O)C(=O)O. The molecule has 0 radical (unpaired) electrons. The number of carboxylic acids is 1. The summed E-state index contributed by atoms with van der Waals surface area (Å²) in [5, 5.41) is 8.62. The van der Waals surface area contributed by atoms with Gasteiger partial charge < -0.3 is 19.5 Å². The molecule has 0 bridgehead atoms. The van der Waals surface area contributed by atoms with Gasteiger partial charge in [-0.05, 0) is 0 Å². The van der Waals surface area contributed by atoms with Crippen LogP contribution in [0.1, 0.15) is 12.8 Å². The molecule has 0 aromatic carbocycles. The molecule has 0 aliphatic rings.